The zero-order valence-corrected chi connectivity index (χ0v) is 29.2. The number of carboxylic acid groups (broad SMARTS) is 2. The van der Waals surface area contributed by atoms with Crippen LogP contribution in [0.2, 0.25) is 0 Å². The predicted molar refractivity (Wildman–Crippen MR) is 201 cm³/mol. The molecule has 0 radical (unpaired) electrons. The van der Waals surface area contributed by atoms with Gasteiger partial charge in [0.15, 0.2) is 0 Å². The Balaban J connectivity index is 0. The number of carboxylic acids is 2. The van der Waals surface area contributed by atoms with E-state index in [1.54, 1.807) is 12.2 Å². The summed E-state index contributed by atoms with van der Waals surface area (Å²) in [6.07, 6.45) is 59.1. The Labute approximate surface area is 282 Å². The van der Waals surface area contributed by atoms with E-state index in [1.807, 2.05) is 24.3 Å². The molecule has 4 heteroatoms. The highest BCUT2D eigenvalue weighted by Crippen LogP contribution is 2.10. The molecular weight excluding hydrogens is 568 g/mol. The monoisotopic (exact) mass is 634 g/mol. The predicted octanol–water partition coefficient (Wildman–Crippen LogP) is 13.0. The molecule has 0 heterocycles. The highest BCUT2D eigenvalue weighted by Gasteiger charge is 1.93. The molecule has 2 N–H and O–H groups in total. The molecule has 0 atom stereocenters. The second-order valence-electron chi connectivity index (χ2n) is 11.3. The summed E-state index contributed by atoms with van der Waals surface area (Å²) in [6, 6.07) is 0. The minimum Gasteiger partial charge on any atom is -0.481 e. The zero-order chi connectivity index (χ0) is 34.0. The van der Waals surface area contributed by atoms with Crippen LogP contribution in [0.1, 0.15) is 142 Å². The number of hydrogen-bond donors (Lipinski definition) is 2. The molecule has 0 unspecified atom stereocenters. The van der Waals surface area contributed by atoms with Gasteiger partial charge in [0, 0.05) is 12.5 Å². The Morgan fingerprint density at radius 2 is 0.783 bits per heavy atom. The lowest BCUT2D eigenvalue weighted by molar-refractivity contribution is -0.137. The minimum atomic E-state index is -0.930. The van der Waals surface area contributed by atoms with Crippen LogP contribution in [0.4, 0.5) is 0 Å². The van der Waals surface area contributed by atoms with Crippen molar-refractivity contribution in [2.24, 2.45) is 0 Å². The standard InChI is InChI=1S/C22H34O2.C20H32O2/c1-2-3-4-5-6-7-8-9-10-11-12-13-14-15-16-17-18-19-20-21-22(23)24;1-2-3-4-5-6-7-8-9-10-11-12-13-14-15-16-17-18-19-20(21)22/h12-21H,2-11H2,1H3,(H,23,24);6-7,9-10,12-13,15-16H,2-5,8,11,14,17-19H2,1H3,(H,21,22)/b;7-6-,10-9-,13-12-,16-15-. The molecule has 0 spiro atoms. The maximum Gasteiger partial charge on any atom is 0.328 e. The Morgan fingerprint density at radius 1 is 0.413 bits per heavy atom. The zero-order valence-electron chi connectivity index (χ0n) is 29.2. The van der Waals surface area contributed by atoms with Crippen LogP contribution in [0, 0.1) is 0 Å². The molecule has 4 nitrogen and oxygen atoms in total. The van der Waals surface area contributed by atoms with E-state index in [0.29, 0.717) is 0 Å². The van der Waals surface area contributed by atoms with Crippen molar-refractivity contribution in [3.05, 3.63) is 109 Å². The first-order valence-electron chi connectivity index (χ1n) is 17.9. The van der Waals surface area contributed by atoms with Crippen molar-refractivity contribution in [2.45, 2.75) is 142 Å². The summed E-state index contributed by atoms with van der Waals surface area (Å²) in [4.78, 5) is 20.5. The van der Waals surface area contributed by atoms with Gasteiger partial charge in [-0.15, -0.1) is 0 Å². The van der Waals surface area contributed by atoms with Crippen LogP contribution in [0.3, 0.4) is 0 Å². The fourth-order valence-corrected chi connectivity index (χ4v) is 4.20. The Bertz CT molecular complexity index is 941. The van der Waals surface area contributed by atoms with E-state index >= 15 is 0 Å². The van der Waals surface area contributed by atoms with Crippen LogP contribution >= 0.6 is 0 Å². The number of allylic oxidation sites excluding steroid dienone is 17. The van der Waals surface area contributed by atoms with E-state index < -0.39 is 11.9 Å². The van der Waals surface area contributed by atoms with Gasteiger partial charge in [-0.25, -0.2) is 4.79 Å². The van der Waals surface area contributed by atoms with Gasteiger partial charge in [-0.3, -0.25) is 4.79 Å². The number of rotatable bonds is 29. The van der Waals surface area contributed by atoms with Crippen molar-refractivity contribution in [1.82, 2.24) is 0 Å². The summed E-state index contributed by atoms with van der Waals surface area (Å²) < 4.78 is 0. The average Bonchev–Trinajstić information content (AvgIpc) is 3.03. The Kier molecular flexibility index (Phi) is 40.4. The molecule has 0 bridgehead atoms. The third-order valence-corrected chi connectivity index (χ3v) is 6.85. The lowest BCUT2D eigenvalue weighted by atomic mass is 10.1. The Morgan fingerprint density at radius 3 is 1.28 bits per heavy atom. The van der Waals surface area contributed by atoms with Gasteiger partial charge >= 0.3 is 11.9 Å². The van der Waals surface area contributed by atoms with Gasteiger partial charge in [0.2, 0.25) is 0 Å². The maximum atomic E-state index is 10.3. The highest BCUT2D eigenvalue weighted by molar-refractivity contribution is 5.80. The molecule has 46 heavy (non-hydrogen) atoms. The second kappa shape index (κ2) is 41.6. The lowest BCUT2D eigenvalue weighted by Gasteiger charge is -2.00. The number of aliphatic carboxylic acids is 2. The fourth-order valence-electron chi connectivity index (χ4n) is 4.20. The van der Waals surface area contributed by atoms with E-state index in [-0.39, 0.29) is 6.42 Å². The highest BCUT2D eigenvalue weighted by atomic mass is 16.4. The second-order valence-corrected chi connectivity index (χ2v) is 11.3. The third-order valence-electron chi connectivity index (χ3n) is 6.85. The van der Waals surface area contributed by atoms with Crippen LogP contribution in [-0.2, 0) is 9.59 Å². The molecule has 0 saturated heterocycles. The van der Waals surface area contributed by atoms with Crippen molar-refractivity contribution in [1.29, 1.82) is 0 Å². The topological polar surface area (TPSA) is 74.6 Å². The molecule has 0 rings (SSSR count). The smallest absolute Gasteiger partial charge is 0.328 e. The molecule has 0 aliphatic rings. The van der Waals surface area contributed by atoms with Gasteiger partial charge in [0.05, 0.1) is 0 Å². The molecule has 0 saturated carbocycles. The van der Waals surface area contributed by atoms with Gasteiger partial charge in [0.1, 0.15) is 0 Å². The largest absolute Gasteiger partial charge is 0.481 e. The van der Waals surface area contributed by atoms with E-state index in [1.165, 1.54) is 89.5 Å². The molecule has 0 aromatic rings. The molecule has 0 aliphatic carbocycles. The van der Waals surface area contributed by atoms with Gasteiger partial charge in [-0.2, -0.15) is 0 Å². The number of carbonyl (C=O) groups is 2. The van der Waals surface area contributed by atoms with Crippen LogP contribution < -0.4 is 0 Å². The van der Waals surface area contributed by atoms with Crippen molar-refractivity contribution < 1.29 is 19.8 Å². The van der Waals surface area contributed by atoms with Crippen molar-refractivity contribution in [2.75, 3.05) is 0 Å². The van der Waals surface area contributed by atoms with Gasteiger partial charge < -0.3 is 10.2 Å². The van der Waals surface area contributed by atoms with E-state index in [9.17, 15) is 9.59 Å². The van der Waals surface area contributed by atoms with E-state index in [2.05, 4.69) is 74.6 Å². The van der Waals surface area contributed by atoms with E-state index in [4.69, 9.17) is 10.2 Å². The van der Waals surface area contributed by atoms with Crippen molar-refractivity contribution in [3.63, 3.8) is 0 Å². The first-order valence-corrected chi connectivity index (χ1v) is 17.9. The van der Waals surface area contributed by atoms with Crippen LogP contribution in [0.15, 0.2) is 109 Å². The summed E-state index contributed by atoms with van der Waals surface area (Å²) in [5, 5.41) is 16.9. The summed E-state index contributed by atoms with van der Waals surface area (Å²) in [6.45, 7) is 4.49. The number of hydrogen-bond acceptors (Lipinski definition) is 2. The molecule has 0 fully saturated rings. The first kappa shape index (κ1) is 44.7. The quantitative estimate of drug-likeness (QED) is 0.0371. The van der Waals surface area contributed by atoms with Crippen LogP contribution in [0.5, 0.6) is 0 Å². The summed E-state index contributed by atoms with van der Waals surface area (Å²) in [5.74, 6) is -1.64. The molecule has 0 aliphatic heterocycles. The van der Waals surface area contributed by atoms with Crippen LogP contribution in [-0.4, -0.2) is 22.2 Å². The van der Waals surface area contributed by atoms with Gasteiger partial charge in [-0.1, -0.05) is 181 Å². The number of unbranched alkanes of at least 4 members (excludes halogenated alkanes) is 13. The summed E-state index contributed by atoms with van der Waals surface area (Å²) in [7, 11) is 0. The minimum absolute atomic E-state index is 0.262. The summed E-state index contributed by atoms with van der Waals surface area (Å²) >= 11 is 0. The van der Waals surface area contributed by atoms with Crippen molar-refractivity contribution in [3.8, 4) is 0 Å². The SMILES string of the molecule is CCCCC/C=C\C/C=C\C/C=C\C/C=C\CCCC(=O)O.CCCCCCCCCCCC=CC=CC=CC=CC=CC(=O)O. The van der Waals surface area contributed by atoms with Crippen LogP contribution in [0.25, 0.3) is 0 Å². The van der Waals surface area contributed by atoms with Gasteiger partial charge in [-0.05, 0) is 57.8 Å². The maximum absolute atomic E-state index is 10.3. The lowest BCUT2D eigenvalue weighted by Crippen LogP contribution is -1.92. The van der Waals surface area contributed by atoms with Gasteiger partial charge in [0.25, 0.3) is 0 Å². The molecule has 0 aromatic carbocycles. The molecule has 258 valence electrons. The molecule has 0 amide bonds. The summed E-state index contributed by atoms with van der Waals surface area (Å²) in [5.41, 5.74) is 0. The normalized spacial score (nSPS) is 12.6. The Hall–Kier alpha value is -3.40. The molecular formula is C42H66O4. The van der Waals surface area contributed by atoms with Crippen molar-refractivity contribution >= 4 is 11.9 Å². The molecule has 0 aromatic heterocycles. The average molecular weight is 635 g/mol. The van der Waals surface area contributed by atoms with E-state index in [0.717, 1.165) is 44.6 Å². The fraction of sp³-hybridized carbons (Fsp3) is 0.524. The third kappa shape index (κ3) is 47.5. The first-order chi connectivity index (χ1) is 22.5.